The summed E-state index contributed by atoms with van der Waals surface area (Å²) in [6.07, 6.45) is 0. The van der Waals surface area contributed by atoms with Gasteiger partial charge < -0.3 is 10.1 Å². The van der Waals surface area contributed by atoms with Crippen LogP contribution < -0.4 is 14.8 Å². The van der Waals surface area contributed by atoms with Gasteiger partial charge in [0.25, 0.3) is 15.9 Å². The van der Waals surface area contributed by atoms with Crippen molar-refractivity contribution in [2.24, 2.45) is 0 Å². The van der Waals surface area contributed by atoms with Crippen LogP contribution in [0.25, 0.3) is 0 Å². The molecule has 0 saturated carbocycles. The van der Waals surface area contributed by atoms with Gasteiger partial charge in [0.05, 0.1) is 27.7 Å². The highest BCUT2D eigenvalue weighted by Crippen LogP contribution is 2.30. The van der Waals surface area contributed by atoms with Crippen LogP contribution in [0.15, 0.2) is 71.6 Å². The molecule has 0 spiro atoms. The lowest BCUT2D eigenvalue weighted by Gasteiger charge is -2.10. The summed E-state index contributed by atoms with van der Waals surface area (Å²) in [5.41, 5.74) is 1.03. The van der Waals surface area contributed by atoms with E-state index in [2.05, 4.69) is 10.0 Å². The second-order valence-electron chi connectivity index (χ2n) is 5.91. The van der Waals surface area contributed by atoms with Crippen molar-refractivity contribution in [3.63, 3.8) is 0 Å². The fourth-order valence-corrected chi connectivity index (χ4v) is 3.86. The van der Waals surface area contributed by atoms with E-state index in [0.29, 0.717) is 27.7 Å². The van der Waals surface area contributed by atoms with Crippen LogP contribution in [0.2, 0.25) is 10.0 Å². The number of rotatable bonds is 6. The Bertz CT molecular complexity index is 1130. The highest BCUT2D eigenvalue weighted by molar-refractivity contribution is 7.92. The van der Waals surface area contributed by atoms with Crippen LogP contribution in [0.3, 0.4) is 0 Å². The molecule has 0 heterocycles. The Morgan fingerprint density at radius 2 is 1.59 bits per heavy atom. The number of sulfonamides is 1. The Hall–Kier alpha value is -2.74. The first-order valence-corrected chi connectivity index (χ1v) is 10.6. The molecular formula is C20H16Cl2N2O4S. The number of benzene rings is 3. The molecule has 2 N–H and O–H groups in total. The van der Waals surface area contributed by atoms with Crippen LogP contribution >= 0.6 is 23.2 Å². The van der Waals surface area contributed by atoms with E-state index in [9.17, 15) is 13.2 Å². The number of anilines is 2. The molecule has 150 valence electrons. The van der Waals surface area contributed by atoms with Crippen molar-refractivity contribution in [1.82, 2.24) is 0 Å². The van der Waals surface area contributed by atoms with E-state index in [1.165, 1.54) is 43.5 Å². The van der Waals surface area contributed by atoms with Gasteiger partial charge in [0.1, 0.15) is 5.75 Å². The topological polar surface area (TPSA) is 84.5 Å². The molecule has 0 aliphatic carbocycles. The number of halogens is 2. The summed E-state index contributed by atoms with van der Waals surface area (Å²) in [7, 11) is -2.27. The lowest BCUT2D eigenvalue weighted by Crippen LogP contribution is -2.14. The quantitative estimate of drug-likeness (QED) is 0.549. The summed E-state index contributed by atoms with van der Waals surface area (Å²) < 4.78 is 32.4. The molecular weight excluding hydrogens is 435 g/mol. The summed E-state index contributed by atoms with van der Waals surface area (Å²) in [4.78, 5) is 12.5. The first-order chi connectivity index (χ1) is 13.8. The molecule has 0 unspecified atom stereocenters. The molecule has 29 heavy (non-hydrogen) atoms. The van der Waals surface area contributed by atoms with Gasteiger partial charge in [0, 0.05) is 11.3 Å². The van der Waals surface area contributed by atoms with Crippen molar-refractivity contribution in [2.75, 3.05) is 17.1 Å². The lowest BCUT2D eigenvalue weighted by molar-refractivity contribution is 0.102. The monoisotopic (exact) mass is 450 g/mol. The van der Waals surface area contributed by atoms with Crippen LogP contribution in [-0.4, -0.2) is 21.4 Å². The Kier molecular flexibility index (Phi) is 6.32. The maximum absolute atomic E-state index is 12.5. The number of methoxy groups -OCH3 is 1. The molecule has 0 aliphatic rings. The van der Waals surface area contributed by atoms with Gasteiger partial charge >= 0.3 is 0 Å². The van der Waals surface area contributed by atoms with E-state index in [-0.39, 0.29) is 9.92 Å². The van der Waals surface area contributed by atoms with Gasteiger partial charge in [0.2, 0.25) is 0 Å². The van der Waals surface area contributed by atoms with Crippen molar-refractivity contribution in [3.05, 3.63) is 82.3 Å². The molecule has 0 bridgehead atoms. The molecule has 6 nitrogen and oxygen atoms in total. The molecule has 1 amide bonds. The number of carbonyl (C=O) groups excluding carboxylic acids is 1. The smallest absolute Gasteiger partial charge is 0.261 e. The number of hydrogen-bond donors (Lipinski definition) is 2. The molecule has 3 aromatic rings. The van der Waals surface area contributed by atoms with E-state index in [0.717, 1.165) is 0 Å². The molecule has 9 heteroatoms. The van der Waals surface area contributed by atoms with Crippen molar-refractivity contribution in [2.45, 2.75) is 4.90 Å². The zero-order valence-electron chi connectivity index (χ0n) is 15.1. The second kappa shape index (κ2) is 8.73. The molecule has 3 aromatic carbocycles. The SMILES string of the molecule is COc1ccc(S(=O)(=O)Nc2ccc(C(=O)Nc3cccc(Cl)c3Cl)cc2)cc1. The Morgan fingerprint density at radius 1 is 0.931 bits per heavy atom. The average Bonchev–Trinajstić information content (AvgIpc) is 2.71. The van der Waals surface area contributed by atoms with Gasteiger partial charge in [-0.05, 0) is 60.7 Å². The van der Waals surface area contributed by atoms with Gasteiger partial charge in [-0.2, -0.15) is 0 Å². The van der Waals surface area contributed by atoms with Gasteiger partial charge in [-0.15, -0.1) is 0 Å². The third kappa shape index (κ3) is 5.00. The number of ether oxygens (including phenoxy) is 1. The molecule has 0 saturated heterocycles. The largest absolute Gasteiger partial charge is 0.497 e. The van der Waals surface area contributed by atoms with E-state index in [1.54, 1.807) is 30.3 Å². The van der Waals surface area contributed by atoms with Crippen LogP contribution in [0.1, 0.15) is 10.4 Å². The van der Waals surface area contributed by atoms with Crippen LogP contribution in [0, 0.1) is 0 Å². The number of carbonyl (C=O) groups is 1. The average molecular weight is 451 g/mol. The van der Waals surface area contributed by atoms with Gasteiger partial charge in [-0.1, -0.05) is 29.3 Å². The van der Waals surface area contributed by atoms with Crippen molar-refractivity contribution in [1.29, 1.82) is 0 Å². The number of nitrogens with one attached hydrogen (secondary N) is 2. The summed E-state index contributed by atoms with van der Waals surface area (Å²) in [6, 6.07) is 16.9. The fraction of sp³-hybridized carbons (Fsp3) is 0.0500. The normalized spacial score (nSPS) is 11.0. The lowest BCUT2D eigenvalue weighted by atomic mass is 10.2. The van der Waals surface area contributed by atoms with Crippen molar-refractivity contribution >= 4 is 50.5 Å². The molecule has 0 fully saturated rings. The first-order valence-electron chi connectivity index (χ1n) is 8.32. The molecule has 0 atom stereocenters. The fourth-order valence-electron chi connectivity index (χ4n) is 2.45. The zero-order chi connectivity index (χ0) is 21.0. The highest BCUT2D eigenvalue weighted by atomic mass is 35.5. The Balaban J connectivity index is 1.72. The summed E-state index contributed by atoms with van der Waals surface area (Å²) >= 11 is 12.0. The van der Waals surface area contributed by atoms with Crippen molar-refractivity contribution < 1.29 is 17.9 Å². The highest BCUT2D eigenvalue weighted by Gasteiger charge is 2.15. The number of amides is 1. The van der Waals surface area contributed by atoms with E-state index in [1.807, 2.05) is 0 Å². The maximum atomic E-state index is 12.5. The van der Waals surface area contributed by atoms with Gasteiger partial charge in [-0.3, -0.25) is 9.52 Å². The summed E-state index contributed by atoms with van der Waals surface area (Å²) in [5.74, 6) is 0.151. The third-order valence-corrected chi connectivity index (χ3v) is 6.18. The van der Waals surface area contributed by atoms with E-state index >= 15 is 0 Å². The Morgan fingerprint density at radius 3 is 2.21 bits per heavy atom. The predicted octanol–water partition coefficient (Wildman–Crippen LogP) is 5.06. The standard InChI is InChI=1S/C20H16Cl2N2O4S/c1-28-15-9-11-16(12-10-15)29(26,27)24-14-7-5-13(6-8-14)20(25)23-18-4-2-3-17(21)19(18)22/h2-12,24H,1H3,(H,23,25). The van der Waals surface area contributed by atoms with Crippen LogP contribution in [0.4, 0.5) is 11.4 Å². The Labute approximate surface area is 178 Å². The van der Waals surface area contributed by atoms with E-state index < -0.39 is 15.9 Å². The summed E-state index contributed by atoms with van der Waals surface area (Å²) in [6.45, 7) is 0. The summed E-state index contributed by atoms with van der Waals surface area (Å²) in [5, 5.41) is 3.23. The van der Waals surface area contributed by atoms with Gasteiger partial charge in [-0.25, -0.2) is 8.42 Å². The molecule has 0 aromatic heterocycles. The zero-order valence-corrected chi connectivity index (χ0v) is 17.5. The molecule has 3 rings (SSSR count). The molecule has 0 aliphatic heterocycles. The minimum absolute atomic E-state index is 0.0933. The van der Waals surface area contributed by atoms with Crippen LogP contribution in [-0.2, 0) is 10.0 Å². The van der Waals surface area contributed by atoms with Crippen molar-refractivity contribution in [3.8, 4) is 5.75 Å². The minimum Gasteiger partial charge on any atom is -0.497 e. The third-order valence-electron chi connectivity index (χ3n) is 3.97. The molecule has 0 radical (unpaired) electrons. The minimum atomic E-state index is -3.77. The van der Waals surface area contributed by atoms with Gasteiger partial charge in [0.15, 0.2) is 0 Å². The maximum Gasteiger partial charge on any atom is 0.261 e. The predicted molar refractivity (Wildman–Crippen MR) is 115 cm³/mol. The number of hydrogen-bond acceptors (Lipinski definition) is 4. The van der Waals surface area contributed by atoms with E-state index in [4.69, 9.17) is 27.9 Å². The van der Waals surface area contributed by atoms with Crippen LogP contribution in [0.5, 0.6) is 5.75 Å². The first kappa shape index (κ1) is 21.0. The second-order valence-corrected chi connectivity index (χ2v) is 8.38.